The normalized spacial score (nSPS) is 10.4. The molecule has 0 saturated carbocycles. The molecule has 39 heavy (non-hydrogen) atoms. The van der Waals surface area contributed by atoms with Crippen molar-refractivity contribution in [1.29, 1.82) is 5.26 Å². The van der Waals surface area contributed by atoms with E-state index in [2.05, 4.69) is 37.3 Å². The Morgan fingerprint density at radius 1 is 1.18 bits per heavy atom. The standard InChI is InChI=1S/C26H36N8O4S/c1-2-38-25(37)17-39-11-10-31-22-13-24(32-15-21(22)14-28)34-26-20(4-3-6-27)12-19(23(16-35)33-26)5-7-29-8-9-30-18-36/h12-13,15-16,18,29H,2-11,17,27H2,1H3,(H,30,36)(H2,31,32,33,34). The molecular formula is C26H36N8O4S. The highest BCUT2D eigenvalue weighted by Crippen LogP contribution is 2.25. The summed E-state index contributed by atoms with van der Waals surface area (Å²) in [5, 5.41) is 21.7. The van der Waals surface area contributed by atoms with Gasteiger partial charge in [-0.15, -0.1) is 11.8 Å². The number of aldehydes is 1. The number of aryl methyl sites for hydroxylation is 1. The summed E-state index contributed by atoms with van der Waals surface area (Å²) in [4.78, 5) is 42.6. The van der Waals surface area contributed by atoms with Crippen LogP contribution >= 0.6 is 11.8 Å². The third kappa shape index (κ3) is 11.3. The van der Waals surface area contributed by atoms with E-state index in [1.807, 2.05) is 6.07 Å². The Morgan fingerprint density at radius 3 is 2.74 bits per heavy atom. The largest absolute Gasteiger partial charge is 0.465 e. The number of nitrogens with two attached hydrogens (primary N) is 1. The quantitative estimate of drug-likeness (QED) is 0.0898. The van der Waals surface area contributed by atoms with Crippen LogP contribution in [0.2, 0.25) is 0 Å². The zero-order valence-electron chi connectivity index (χ0n) is 22.1. The Balaban J connectivity index is 2.14. The van der Waals surface area contributed by atoms with Crippen molar-refractivity contribution in [3.63, 3.8) is 0 Å². The van der Waals surface area contributed by atoms with Crippen molar-refractivity contribution in [1.82, 2.24) is 20.6 Å². The number of aromatic nitrogens is 2. The van der Waals surface area contributed by atoms with Gasteiger partial charge in [0.1, 0.15) is 23.4 Å². The van der Waals surface area contributed by atoms with Crippen LogP contribution in [-0.2, 0) is 27.2 Å². The third-order valence-corrected chi connectivity index (χ3v) is 6.37. The first-order valence-electron chi connectivity index (χ1n) is 12.8. The van der Waals surface area contributed by atoms with Crippen molar-refractivity contribution in [2.75, 3.05) is 61.5 Å². The monoisotopic (exact) mass is 556 g/mol. The number of rotatable bonds is 20. The summed E-state index contributed by atoms with van der Waals surface area (Å²) in [6.45, 7) is 4.93. The van der Waals surface area contributed by atoms with Crippen LogP contribution in [0.4, 0.5) is 17.3 Å². The van der Waals surface area contributed by atoms with E-state index < -0.39 is 0 Å². The Bertz CT molecular complexity index is 1130. The van der Waals surface area contributed by atoms with Crippen molar-refractivity contribution in [2.24, 2.45) is 5.73 Å². The van der Waals surface area contributed by atoms with Gasteiger partial charge in [0.2, 0.25) is 6.41 Å². The van der Waals surface area contributed by atoms with Gasteiger partial charge >= 0.3 is 5.97 Å². The second-order valence-electron chi connectivity index (χ2n) is 8.26. The molecule has 2 aromatic rings. The van der Waals surface area contributed by atoms with Crippen LogP contribution in [0.5, 0.6) is 0 Å². The number of esters is 1. The number of ether oxygens (including phenoxy) is 1. The zero-order chi connectivity index (χ0) is 28.3. The Labute approximate surface area is 232 Å². The number of nitriles is 1. The number of nitrogens with zero attached hydrogens (tertiary/aromatic N) is 3. The van der Waals surface area contributed by atoms with Gasteiger partial charge < -0.3 is 31.7 Å². The molecule has 6 N–H and O–H groups in total. The van der Waals surface area contributed by atoms with E-state index >= 15 is 0 Å². The van der Waals surface area contributed by atoms with Gasteiger partial charge in [-0.05, 0) is 56.5 Å². The molecule has 0 aliphatic carbocycles. The molecule has 0 aliphatic rings. The van der Waals surface area contributed by atoms with E-state index in [1.165, 1.54) is 18.0 Å². The summed E-state index contributed by atoms with van der Waals surface area (Å²) in [7, 11) is 0. The van der Waals surface area contributed by atoms with E-state index in [1.54, 1.807) is 13.0 Å². The maximum absolute atomic E-state index is 11.8. The number of pyridine rings is 2. The first-order chi connectivity index (χ1) is 19.1. The maximum atomic E-state index is 11.8. The fourth-order valence-corrected chi connectivity index (χ4v) is 4.21. The summed E-state index contributed by atoms with van der Waals surface area (Å²) in [5.74, 6) is 1.63. The summed E-state index contributed by atoms with van der Waals surface area (Å²) in [6, 6.07) is 5.81. The molecule has 12 nitrogen and oxygen atoms in total. The van der Waals surface area contributed by atoms with Crippen LogP contribution in [0, 0.1) is 11.3 Å². The number of thioether (sulfide) groups is 1. The Hall–Kier alpha value is -3.73. The van der Waals surface area contributed by atoms with Crippen molar-refractivity contribution >= 4 is 47.8 Å². The van der Waals surface area contributed by atoms with Crippen LogP contribution in [0.25, 0.3) is 0 Å². The van der Waals surface area contributed by atoms with Gasteiger partial charge in [0.15, 0.2) is 6.29 Å². The lowest BCUT2D eigenvalue weighted by molar-refractivity contribution is -0.139. The number of amides is 1. The van der Waals surface area contributed by atoms with Crippen LogP contribution < -0.4 is 27.0 Å². The van der Waals surface area contributed by atoms with Crippen molar-refractivity contribution < 1.29 is 19.1 Å². The number of hydrogen-bond donors (Lipinski definition) is 5. The molecule has 210 valence electrons. The lowest BCUT2D eigenvalue weighted by atomic mass is 10.0. The summed E-state index contributed by atoms with van der Waals surface area (Å²) in [6.07, 6.45) is 4.84. The molecule has 0 radical (unpaired) electrons. The van der Waals surface area contributed by atoms with Gasteiger partial charge in [0.05, 0.1) is 23.6 Å². The molecule has 0 aliphatic heterocycles. The third-order valence-electron chi connectivity index (χ3n) is 5.43. The predicted molar refractivity (Wildman–Crippen MR) is 152 cm³/mol. The fourth-order valence-electron chi connectivity index (χ4n) is 3.57. The highest BCUT2D eigenvalue weighted by atomic mass is 32.2. The van der Waals surface area contributed by atoms with Gasteiger partial charge in [0, 0.05) is 37.7 Å². The number of carbonyl (C=O) groups excluding carboxylic acids is 3. The second kappa shape index (κ2) is 18.5. The van der Waals surface area contributed by atoms with Crippen molar-refractivity contribution in [3.05, 3.63) is 40.7 Å². The second-order valence-corrected chi connectivity index (χ2v) is 9.36. The molecule has 0 aromatic carbocycles. The first kappa shape index (κ1) is 31.5. The van der Waals surface area contributed by atoms with Gasteiger partial charge in [-0.3, -0.25) is 14.4 Å². The highest BCUT2D eigenvalue weighted by molar-refractivity contribution is 7.99. The topological polar surface area (TPSA) is 184 Å². The highest BCUT2D eigenvalue weighted by Gasteiger charge is 2.14. The minimum atomic E-state index is -0.252. The Kier molecular flexibility index (Phi) is 14.9. The van der Waals surface area contributed by atoms with Crippen molar-refractivity contribution in [3.8, 4) is 6.07 Å². The molecule has 0 bridgehead atoms. The number of nitrogens with one attached hydrogen (secondary N) is 4. The number of anilines is 3. The minimum absolute atomic E-state index is 0.252. The average Bonchev–Trinajstić information content (AvgIpc) is 2.94. The lowest BCUT2D eigenvalue weighted by Gasteiger charge is -2.16. The molecule has 0 atom stereocenters. The molecular weight excluding hydrogens is 520 g/mol. The molecule has 0 saturated heterocycles. The number of carbonyl (C=O) groups is 3. The summed E-state index contributed by atoms with van der Waals surface area (Å²) < 4.78 is 4.92. The summed E-state index contributed by atoms with van der Waals surface area (Å²) in [5.41, 5.74) is 8.77. The Morgan fingerprint density at radius 2 is 2.03 bits per heavy atom. The lowest BCUT2D eigenvalue weighted by Crippen LogP contribution is -2.28. The SMILES string of the molecule is CCOC(=O)CSCCNc1cc(Nc2nc(C=O)c(CCNCCNC=O)cc2CCCN)ncc1C#N. The van der Waals surface area contributed by atoms with Crippen LogP contribution in [0.1, 0.15) is 40.5 Å². The molecule has 0 fully saturated rings. The molecule has 2 rings (SSSR count). The van der Waals surface area contributed by atoms with E-state index in [4.69, 9.17) is 10.5 Å². The predicted octanol–water partition coefficient (Wildman–Crippen LogP) is 1.38. The zero-order valence-corrected chi connectivity index (χ0v) is 22.9. The van der Waals surface area contributed by atoms with E-state index in [9.17, 15) is 19.6 Å². The van der Waals surface area contributed by atoms with E-state index in [0.717, 1.165) is 23.8 Å². The molecule has 2 heterocycles. The smallest absolute Gasteiger partial charge is 0.315 e. The fraction of sp³-hybridized carbons (Fsp3) is 0.462. The minimum Gasteiger partial charge on any atom is -0.465 e. The number of hydrogen-bond acceptors (Lipinski definition) is 12. The molecule has 0 spiro atoms. The van der Waals surface area contributed by atoms with Crippen LogP contribution in [0.3, 0.4) is 0 Å². The van der Waals surface area contributed by atoms with Crippen molar-refractivity contribution in [2.45, 2.75) is 26.2 Å². The van der Waals surface area contributed by atoms with Gasteiger partial charge in [0.25, 0.3) is 0 Å². The van der Waals surface area contributed by atoms with Crippen LogP contribution in [0.15, 0.2) is 18.3 Å². The van der Waals surface area contributed by atoms with E-state index in [-0.39, 0.29) is 11.7 Å². The average molecular weight is 557 g/mol. The van der Waals surface area contributed by atoms with Gasteiger partial charge in [-0.2, -0.15) is 5.26 Å². The summed E-state index contributed by atoms with van der Waals surface area (Å²) >= 11 is 1.44. The molecule has 0 unspecified atom stereocenters. The maximum Gasteiger partial charge on any atom is 0.315 e. The molecule has 13 heteroatoms. The van der Waals surface area contributed by atoms with Gasteiger partial charge in [-0.1, -0.05) is 0 Å². The van der Waals surface area contributed by atoms with E-state index in [0.29, 0.717) is 92.9 Å². The van der Waals surface area contributed by atoms with Crippen LogP contribution in [-0.4, -0.2) is 79.5 Å². The van der Waals surface area contributed by atoms with Gasteiger partial charge in [-0.25, -0.2) is 9.97 Å². The molecule has 2 aromatic heterocycles. The molecule has 1 amide bonds. The first-order valence-corrected chi connectivity index (χ1v) is 13.9.